The van der Waals surface area contributed by atoms with Crippen LogP contribution in [0.15, 0.2) is 34.3 Å². The van der Waals surface area contributed by atoms with Gasteiger partial charge in [-0.25, -0.2) is 0 Å². The minimum atomic E-state index is -1.14. The molecule has 0 saturated heterocycles. The normalized spacial score (nSPS) is 18.0. The van der Waals surface area contributed by atoms with Gasteiger partial charge in [0.2, 0.25) is 5.91 Å². The van der Waals surface area contributed by atoms with E-state index in [4.69, 9.17) is 0 Å². The number of amides is 1. The number of nitrogens with one attached hydrogen (secondary N) is 1. The molecule has 2 N–H and O–H groups in total. The van der Waals surface area contributed by atoms with Gasteiger partial charge < -0.3 is 10.4 Å². The Morgan fingerprint density at radius 2 is 2.17 bits per heavy atom. The molecule has 6 heteroatoms. The summed E-state index contributed by atoms with van der Waals surface area (Å²) in [4.78, 5) is 13.0. The van der Waals surface area contributed by atoms with E-state index < -0.39 is 5.60 Å². The molecule has 23 heavy (non-hydrogen) atoms. The van der Waals surface area contributed by atoms with Gasteiger partial charge in [0.1, 0.15) is 5.60 Å². The first-order valence-corrected chi connectivity index (χ1v) is 10.7. The van der Waals surface area contributed by atoms with Gasteiger partial charge in [-0.05, 0) is 41.1 Å². The van der Waals surface area contributed by atoms with Crippen LogP contribution in [0.25, 0.3) is 0 Å². The maximum Gasteiger partial charge on any atom is 0.230 e. The molecule has 1 amide bonds. The van der Waals surface area contributed by atoms with Crippen LogP contribution >= 0.6 is 34.4 Å². The molecule has 2 heterocycles. The van der Waals surface area contributed by atoms with Gasteiger partial charge in [0.25, 0.3) is 0 Å². The average molecular weight is 368 g/mol. The first-order valence-electron chi connectivity index (χ1n) is 7.86. The molecule has 0 spiro atoms. The van der Waals surface area contributed by atoms with E-state index in [0.29, 0.717) is 11.0 Å². The van der Waals surface area contributed by atoms with E-state index in [1.54, 1.807) is 23.1 Å². The molecule has 0 radical (unpaired) electrons. The Hall–Kier alpha value is -0.820. The SMILES string of the molecule is O=C(CSC1CCCC1)NC[C@@](O)(c1ccsc1)c1cccs1. The van der Waals surface area contributed by atoms with Gasteiger partial charge in [-0.1, -0.05) is 18.9 Å². The van der Waals surface area contributed by atoms with Gasteiger partial charge in [0.15, 0.2) is 0 Å². The molecule has 0 aliphatic heterocycles. The van der Waals surface area contributed by atoms with Crippen LogP contribution in [0, 0.1) is 0 Å². The first kappa shape index (κ1) is 17.0. The summed E-state index contributed by atoms with van der Waals surface area (Å²) in [5, 5.41) is 20.6. The highest BCUT2D eigenvalue weighted by Crippen LogP contribution is 2.34. The highest BCUT2D eigenvalue weighted by Gasteiger charge is 2.33. The molecule has 2 aromatic rings. The molecular weight excluding hydrogens is 346 g/mol. The fourth-order valence-corrected chi connectivity index (χ4v) is 5.60. The second-order valence-corrected chi connectivity index (χ2v) is 8.86. The lowest BCUT2D eigenvalue weighted by atomic mass is 9.94. The second kappa shape index (κ2) is 7.83. The molecule has 1 aliphatic rings. The Bertz CT molecular complexity index is 570. The van der Waals surface area contributed by atoms with Crippen LogP contribution in [-0.4, -0.2) is 28.6 Å². The van der Waals surface area contributed by atoms with Crippen molar-refractivity contribution in [1.82, 2.24) is 5.32 Å². The van der Waals surface area contributed by atoms with Crippen LogP contribution in [0.3, 0.4) is 0 Å². The topological polar surface area (TPSA) is 49.3 Å². The van der Waals surface area contributed by atoms with Gasteiger partial charge in [0.05, 0.1) is 12.3 Å². The van der Waals surface area contributed by atoms with Crippen molar-refractivity contribution in [3.8, 4) is 0 Å². The summed E-state index contributed by atoms with van der Waals surface area (Å²) >= 11 is 4.81. The quantitative estimate of drug-likeness (QED) is 0.782. The van der Waals surface area contributed by atoms with Gasteiger partial charge in [0, 0.05) is 15.7 Å². The van der Waals surface area contributed by atoms with Crippen LogP contribution in [0.5, 0.6) is 0 Å². The van der Waals surface area contributed by atoms with Crippen molar-refractivity contribution >= 4 is 40.3 Å². The second-order valence-electron chi connectivity index (χ2n) is 5.84. The van der Waals surface area contributed by atoms with Gasteiger partial charge >= 0.3 is 0 Å². The van der Waals surface area contributed by atoms with Crippen molar-refractivity contribution in [2.45, 2.75) is 36.5 Å². The lowest BCUT2D eigenvalue weighted by Gasteiger charge is -2.27. The number of thiophene rings is 2. The third kappa shape index (κ3) is 4.18. The zero-order valence-corrected chi connectivity index (χ0v) is 15.3. The molecule has 1 aliphatic carbocycles. The minimum Gasteiger partial charge on any atom is -0.378 e. The molecule has 1 atom stereocenters. The van der Waals surface area contributed by atoms with Gasteiger partial charge in [-0.3, -0.25) is 4.79 Å². The van der Waals surface area contributed by atoms with Crippen molar-refractivity contribution in [1.29, 1.82) is 0 Å². The van der Waals surface area contributed by atoms with Crippen molar-refractivity contribution in [2.75, 3.05) is 12.3 Å². The molecule has 0 aromatic carbocycles. The number of carbonyl (C=O) groups is 1. The standard InChI is InChI=1S/C17H21NO2S3/c19-16(11-23-14-4-1-2-5-14)18-12-17(20,13-7-9-21-10-13)15-6-3-8-22-15/h3,6-10,14,20H,1-2,4-5,11-12H2,(H,18,19)/t17-/m1/s1. The molecular formula is C17H21NO2S3. The maximum absolute atomic E-state index is 12.1. The van der Waals surface area contributed by atoms with Crippen LogP contribution < -0.4 is 5.32 Å². The number of thioether (sulfide) groups is 1. The Morgan fingerprint density at radius 1 is 1.35 bits per heavy atom. The third-order valence-electron chi connectivity index (χ3n) is 4.22. The highest BCUT2D eigenvalue weighted by atomic mass is 32.2. The minimum absolute atomic E-state index is 0.00658. The van der Waals surface area contributed by atoms with E-state index in [1.807, 2.05) is 34.3 Å². The lowest BCUT2D eigenvalue weighted by Crippen LogP contribution is -2.41. The number of carbonyl (C=O) groups excluding carboxylic acids is 1. The third-order valence-corrected chi connectivity index (χ3v) is 7.30. The summed E-state index contributed by atoms with van der Waals surface area (Å²) in [5.41, 5.74) is -0.296. The molecule has 0 bridgehead atoms. The van der Waals surface area contributed by atoms with E-state index >= 15 is 0 Å². The zero-order chi connectivity index (χ0) is 16.1. The summed E-state index contributed by atoms with van der Waals surface area (Å²) in [5.74, 6) is 0.488. The molecule has 3 nitrogen and oxygen atoms in total. The molecule has 2 aromatic heterocycles. The highest BCUT2D eigenvalue weighted by molar-refractivity contribution is 8.00. The number of hydrogen-bond acceptors (Lipinski definition) is 5. The van der Waals surface area contributed by atoms with Gasteiger partial charge in [-0.2, -0.15) is 11.3 Å². The predicted octanol–water partition coefficient (Wildman–Crippen LogP) is 3.84. The number of rotatable bonds is 7. The largest absolute Gasteiger partial charge is 0.378 e. The van der Waals surface area contributed by atoms with Crippen molar-refractivity contribution in [3.63, 3.8) is 0 Å². The van der Waals surface area contributed by atoms with E-state index in [9.17, 15) is 9.90 Å². The molecule has 1 saturated carbocycles. The van der Waals surface area contributed by atoms with E-state index in [-0.39, 0.29) is 12.5 Å². The Balaban J connectivity index is 1.60. The average Bonchev–Trinajstić information content (AvgIpc) is 3.33. The van der Waals surface area contributed by atoms with Crippen LogP contribution in [-0.2, 0) is 10.4 Å². The molecule has 3 rings (SSSR count). The first-order chi connectivity index (χ1) is 11.2. The Kier molecular flexibility index (Phi) is 5.80. The lowest BCUT2D eigenvalue weighted by molar-refractivity contribution is -0.119. The monoisotopic (exact) mass is 367 g/mol. The van der Waals surface area contributed by atoms with Crippen LogP contribution in [0.4, 0.5) is 0 Å². The fourth-order valence-electron chi connectivity index (χ4n) is 2.87. The fraction of sp³-hybridized carbons (Fsp3) is 0.471. The van der Waals surface area contributed by atoms with E-state index in [0.717, 1.165) is 10.4 Å². The van der Waals surface area contributed by atoms with E-state index in [1.165, 1.54) is 37.0 Å². The van der Waals surface area contributed by atoms with E-state index in [2.05, 4.69) is 5.32 Å². The maximum atomic E-state index is 12.1. The van der Waals surface area contributed by atoms with Gasteiger partial charge in [-0.15, -0.1) is 23.1 Å². The molecule has 1 fully saturated rings. The Morgan fingerprint density at radius 3 is 2.83 bits per heavy atom. The van der Waals surface area contributed by atoms with Crippen LogP contribution in [0.1, 0.15) is 36.1 Å². The zero-order valence-electron chi connectivity index (χ0n) is 12.9. The predicted molar refractivity (Wildman–Crippen MR) is 99.4 cm³/mol. The Labute approximate surface area is 149 Å². The summed E-state index contributed by atoms with van der Waals surface area (Å²) in [6.45, 7) is 0.217. The molecule has 0 unspecified atom stereocenters. The van der Waals surface area contributed by atoms with Crippen molar-refractivity contribution in [3.05, 3.63) is 44.8 Å². The van der Waals surface area contributed by atoms with Crippen LogP contribution in [0.2, 0.25) is 0 Å². The number of hydrogen-bond donors (Lipinski definition) is 2. The van der Waals surface area contributed by atoms with Crippen molar-refractivity contribution < 1.29 is 9.90 Å². The van der Waals surface area contributed by atoms with Crippen molar-refractivity contribution in [2.24, 2.45) is 0 Å². The summed E-state index contributed by atoms with van der Waals surface area (Å²) in [7, 11) is 0. The summed E-state index contributed by atoms with van der Waals surface area (Å²) < 4.78 is 0. The summed E-state index contributed by atoms with van der Waals surface area (Å²) in [6, 6.07) is 5.76. The molecule has 124 valence electrons. The number of aliphatic hydroxyl groups is 1. The summed E-state index contributed by atoms with van der Waals surface area (Å²) in [6.07, 6.45) is 5.03. The smallest absolute Gasteiger partial charge is 0.230 e.